The molecule has 0 unspecified atom stereocenters. The van der Waals surface area contributed by atoms with Crippen LogP contribution in [0.1, 0.15) is 18.4 Å². The molecular formula is C14H22FN3O2S. The van der Waals surface area contributed by atoms with Crippen molar-refractivity contribution >= 4 is 10.2 Å². The average molecular weight is 315 g/mol. The fraction of sp³-hybridized carbons (Fsp3) is 0.571. The van der Waals surface area contributed by atoms with Gasteiger partial charge in [0.2, 0.25) is 0 Å². The van der Waals surface area contributed by atoms with Crippen molar-refractivity contribution in [3.8, 4) is 0 Å². The molecule has 0 radical (unpaired) electrons. The molecule has 0 spiro atoms. The predicted octanol–water partition coefficient (Wildman–Crippen LogP) is 0.873. The molecule has 0 saturated carbocycles. The third-order valence-corrected chi connectivity index (χ3v) is 5.47. The normalized spacial score (nSPS) is 18.0. The fourth-order valence-electron chi connectivity index (χ4n) is 2.45. The van der Waals surface area contributed by atoms with Crippen molar-refractivity contribution in [2.45, 2.75) is 19.3 Å². The molecule has 0 amide bonds. The molecule has 1 fully saturated rings. The number of nitrogens with zero attached hydrogens (tertiary/aromatic N) is 1. The van der Waals surface area contributed by atoms with Crippen LogP contribution in [0.2, 0.25) is 0 Å². The zero-order valence-electron chi connectivity index (χ0n) is 12.0. The minimum absolute atomic E-state index is 0.290. The predicted molar refractivity (Wildman–Crippen MR) is 80.4 cm³/mol. The van der Waals surface area contributed by atoms with Gasteiger partial charge in [-0.15, -0.1) is 0 Å². The Kier molecular flexibility index (Phi) is 5.69. The second-order valence-corrected chi connectivity index (χ2v) is 7.11. The van der Waals surface area contributed by atoms with E-state index in [1.807, 2.05) is 0 Å². The highest BCUT2D eigenvalue weighted by molar-refractivity contribution is 7.87. The SMILES string of the molecule is NCC1CCN(S(=O)(=O)NCCc2ccc(F)cc2)CC1. The van der Waals surface area contributed by atoms with Gasteiger partial charge < -0.3 is 5.73 Å². The molecule has 0 atom stereocenters. The van der Waals surface area contributed by atoms with Crippen LogP contribution in [-0.4, -0.2) is 38.9 Å². The summed E-state index contributed by atoms with van der Waals surface area (Å²) in [5.74, 6) is 0.137. The molecule has 0 aliphatic carbocycles. The molecule has 1 aromatic carbocycles. The molecule has 1 aliphatic rings. The lowest BCUT2D eigenvalue weighted by atomic mass is 9.99. The largest absolute Gasteiger partial charge is 0.330 e. The van der Waals surface area contributed by atoms with Crippen molar-refractivity contribution in [3.63, 3.8) is 0 Å². The van der Waals surface area contributed by atoms with E-state index in [4.69, 9.17) is 5.73 Å². The van der Waals surface area contributed by atoms with Crippen LogP contribution in [0.3, 0.4) is 0 Å². The molecule has 5 nitrogen and oxygen atoms in total. The first kappa shape index (κ1) is 16.4. The molecular weight excluding hydrogens is 293 g/mol. The second-order valence-electron chi connectivity index (χ2n) is 5.35. The van der Waals surface area contributed by atoms with Crippen LogP contribution < -0.4 is 10.5 Å². The van der Waals surface area contributed by atoms with Crippen molar-refractivity contribution < 1.29 is 12.8 Å². The lowest BCUT2D eigenvalue weighted by molar-refractivity contribution is 0.276. The van der Waals surface area contributed by atoms with Crippen LogP contribution >= 0.6 is 0 Å². The molecule has 1 saturated heterocycles. The number of hydrogen-bond acceptors (Lipinski definition) is 3. The molecule has 1 aromatic rings. The highest BCUT2D eigenvalue weighted by Crippen LogP contribution is 2.17. The highest BCUT2D eigenvalue weighted by Gasteiger charge is 2.26. The average Bonchev–Trinajstić information content (AvgIpc) is 2.49. The first-order valence-electron chi connectivity index (χ1n) is 7.20. The van der Waals surface area contributed by atoms with E-state index in [9.17, 15) is 12.8 Å². The Morgan fingerprint density at radius 1 is 1.24 bits per heavy atom. The Labute approximate surface area is 125 Å². The smallest absolute Gasteiger partial charge is 0.279 e. The summed E-state index contributed by atoms with van der Waals surface area (Å²) in [6.45, 7) is 1.97. The molecule has 1 aliphatic heterocycles. The third-order valence-electron chi connectivity index (χ3n) is 3.86. The summed E-state index contributed by atoms with van der Waals surface area (Å²) in [4.78, 5) is 0. The molecule has 0 aromatic heterocycles. The maximum atomic E-state index is 12.8. The van der Waals surface area contributed by atoms with Gasteiger partial charge in [-0.05, 0) is 49.4 Å². The number of nitrogens with one attached hydrogen (secondary N) is 1. The van der Waals surface area contributed by atoms with Gasteiger partial charge in [-0.1, -0.05) is 12.1 Å². The van der Waals surface area contributed by atoms with E-state index in [1.165, 1.54) is 16.4 Å². The van der Waals surface area contributed by atoms with Crippen molar-refractivity contribution in [1.29, 1.82) is 0 Å². The zero-order chi connectivity index (χ0) is 15.3. The van der Waals surface area contributed by atoms with Crippen LogP contribution in [0.4, 0.5) is 4.39 Å². The van der Waals surface area contributed by atoms with E-state index < -0.39 is 10.2 Å². The lowest BCUT2D eigenvalue weighted by Crippen LogP contribution is -2.46. The van der Waals surface area contributed by atoms with Crippen molar-refractivity contribution in [2.75, 3.05) is 26.2 Å². The summed E-state index contributed by atoms with van der Waals surface area (Å²) in [6, 6.07) is 6.08. The molecule has 118 valence electrons. The van der Waals surface area contributed by atoms with Crippen molar-refractivity contribution in [1.82, 2.24) is 9.03 Å². The summed E-state index contributed by atoms with van der Waals surface area (Å²) in [6.07, 6.45) is 2.17. The van der Waals surface area contributed by atoms with Crippen LogP contribution in [0, 0.1) is 11.7 Å². The summed E-state index contributed by atoms with van der Waals surface area (Å²) in [5.41, 5.74) is 6.51. The van der Waals surface area contributed by atoms with Gasteiger partial charge in [0.15, 0.2) is 0 Å². The Bertz CT molecular complexity index is 540. The van der Waals surface area contributed by atoms with Crippen LogP contribution in [0.5, 0.6) is 0 Å². The zero-order valence-corrected chi connectivity index (χ0v) is 12.8. The van der Waals surface area contributed by atoms with Gasteiger partial charge in [0.1, 0.15) is 5.82 Å². The summed E-state index contributed by atoms with van der Waals surface area (Å²) in [5, 5.41) is 0. The van der Waals surface area contributed by atoms with Gasteiger partial charge in [-0.25, -0.2) is 9.11 Å². The van der Waals surface area contributed by atoms with Crippen LogP contribution in [-0.2, 0) is 16.6 Å². The van der Waals surface area contributed by atoms with Gasteiger partial charge in [-0.2, -0.15) is 12.7 Å². The number of benzene rings is 1. The van der Waals surface area contributed by atoms with Gasteiger partial charge in [0, 0.05) is 19.6 Å². The van der Waals surface area contributed by atoms with Crippen LogP contribution in [0.15, 0.2) is 24.3 Å². The third kappa shape index (κ3) is 4.74. The summed E-state index contributed by atoms with van der Waals surface area (Å²) < 4.78 is 41.1. The van der Waals surface area contributed by atoms with Crippen molar-refractivity contribution in [2.24, 2.45) is 11.7 Å². The standard InChI is InChI=1S/C14H22FN3O2S/c15-14-3-1-12(2-4-14)5-8-17-21(19,20)18-9-6-13(11-16)7-10-18/h1-4,13,17H,5-11,16H2. The maximum Gasteiger partial charge on any atom is 0.279 e. The summed E-state index contributed by atoms with van der Waals surface area (Å²) in [7, 11) is -3.42. The molecule has 7 heteroatoms. The monoisotopic (exact) mass is 315 g/mol. The number of hydrogen-bond donors (Lipinski definition) is 2. The Balaban J connectivity index is 1.80. The number of halogens is 1. The Morgan fingerprint density at radius 2 is 1.86 bits per heavy atom. The molecule has 3 N–H and O–H groups in total. The van der Waals surface area contributed by atoms with E-state index >= 15 is 0 Å². The topological polar surface area (TPSA) is 75.4 Å². The Hall–Kier alpha value is -1.02. The molecule has 0 bridgehead atoms. The quantitative estimate of drug-likeness (QED) is 0.818. The van der Waals surface area contributed by atoms with E-state index in [0.717, 1.165) is 18.4 Å². The van der Waals surface area contributed by atoms with Gasteiger partial charge in [-0.3, -0.25) is 0 Å². The molecule has 21 heavy (non-hydrogen) atoms. The Morgan fingerprint density at radius 3 is 2.43 bits per heavy atom. The van der Waals surface area contributed by atoms with E-state index in [0.29, 0.717) is 38.5 Å². The van der Waals surface area contributed by atoms with Gasteiger partial charge in [0.25, 0.3) is 10.2 Å². The van der Waals surface area contributed by atoms with E-state index in [2.05, 4.69) is 4.72 Å². The number of nitrogens with two attached hydrogens (primary N) is 1. The first-order chi connectivity index (χ1) is 10.0. The minimum Gasteiger partial charge on any atom is -0.330 e. The second kappa shape index (κ2) is 7.31. The van der Waals surface area contributed by atoms with Crippen molar-refractivity contribution in [3.05, 3.63) is 35.6 Å². The van der Waals surface area contributed by atoms with Crippen LogP contribution in [0.25, 0.3) is 0 Å². The van der Waals surface area contributed by atoms with Gasteiger partial charge in [0.05, 0.1) is 0 Å². The fourth-order valence-corrected chi connectivity index (χ4v) is 3.69. The van der Waals surface area contributed by atoms with E-state index in [1.54, 1.807) is 12.1 Å². The minimum atomic E-state index is -3.42. The van der Waals surface area contributed by atoms with E-state index in [-0.39, 0.29) is 5.82 Å². The highest BCUT2D eigenvalue weighted by atomic mass is 32.2. The maximum absolute atomic E-state index is 12.8. The molecule has 2 rings (SSSR count). The number of rotatable bonds is 6. The summed E-state index contributed by atoms with van der Waals surface area (Å²) >= 11 is 0. The number of piperidine rings is 1. The van der Waals surface area contributed by atoms with Gasteiger partial charge >= 0.3 is 0 Å². The molecule has 1 heterocycles. The lowest BCUT2D eigenvalue weighted by Gasteiger charge is -2.30. The first-order valence-corrected chi connectivity index (χ1v) is 8.64.